The summed E-state index contributed by atoms with van der Waals surface area (Å²) in [7, 11) is 1.58. The highest BCUT2D eigenvalue weighted by molar-refractivity contribution is 5.86. The minimum atomic E-state index is -0.149. The molecule has 0 radical (unpaired) electrons. The van der Waals surface area contributed by atoms with Crippen LogP contribution in [0, 0.1) is 0 Å². The molecule has 1 aliphatic rings. The number of aromatic nitrogens is 1. The molecule has 1 atom stereocenters. The average molecular weight is 443 g/mol. The van der Waals surface area contributed by atoms with Crippen LogP contribution >= 0.6 is 0 Å². The van der Waals surface area contributed by atoms with E-state index in [2.05, 4.69) is 16.0 Å². The predicted molar refractivity (Wildman–Crippen MR) is 127 cm³/mol. The number of phenolic OH excluding ortho intramolecular Hbond substituents is 1. The molecule has 0 saturated carbocycles. The van der Waals surface area contributed by atoms with Gasteiger partial charge in [0.1, 0.15) is 23.3 Å². The van der Waals surface area contributed by atoms with Crippen molar-refractivity contribution in [2.75, 3.05) is 13.7 Å². The summed E-state index contributed by atoms with van der Waals surface area (Å²) in [5.74, 6) is 0.738. The fourth-order valence-electron chi connectivity index (χ4n) is 4.79. The fourth-order valence-corrected chi connectivity index (χ4v) is 4.79. The summed E-state index contributed by atoms with van der Waals surface area (Å²) in [6.07, 6.45) is 8.42. The van der Waals surface area contributed by atoms with Gasteiger partial charge in [-0.2, -0.15) is 0 Å². The Morgan fingerprint density at radius 3 is 2.82 bits per heavy atom. The average Bonchev–Trinajstić information content (AvgIpc) is 2.87. The van der Waals surface area contributed by atoms with E-state index in [1.807, 2.05) is 36.5 Å². The van der Waals surface area contributed by atoms with Crippen molar-refractivity contribution in [3.63, 3.8) is 0 Å². The molecule has 1 fully saturated rings. The Balaban J connectivity index is 1.57. The first-order valence-corrected chi connectivity index (χ1v) is 11.2. The molecule has 6 heteroatoms. The largest absolute Gasteiger partial charge is 0.507 e. The molecule has 33 heavy (non-hydrogen) atoms. The van der Waals surface area contributed by atoms with E-state index in [-0.39, 0.29) is 17.2 Å². The van der Waals surface area contributed by atoms with Crippen LogP contribution in [0.3, 0.4) is 0 Å². The minimum Gasteiger partial charge on any atom is -0.507 e. The number of methoxy groups -OCH3 is 1. The molecule has 3 heterocycles. The van der Waals surface area contributed by atoms with Crippen LogP contribution in [0.25, 0.3) is 22.1 Å². The number of likely N-dealkylation sites (tertiary alicyclic amines) is 1. The molecule has 2 aromatic carbocycles. The summed E-state index contributed by atoms with van der Waals surface area (Å²) >= 11 is 0. The van der Waals surface area contributed by atoms with Gasteiger partial charge in [-0.1, -0.05) is 30.7 Å². The molecule has 0 aliphatic carbocycles. The van der Waals surface area contributed by atoms with E-state index >= 15 is 0 Å². The van der Waals surface area contributed by atoms with Crippen molar-refractivity contribution < 1.29 is 14.3 Å². The summed E-state index contributed by atoms with van der Waals surface area (Å²) in [5.41, 5.74) is 3.18. The van der Waals surface area contributed by atoms with E-state index < -0.39 is 0 Å². The maximum atomic E-state index is 13.4. The first-order valence-electron chi connectivity index (χ1n) is 11.2. The monoisotopic (exact) mass is 442 g/mol. The second-order valence-corrected chi connectivity index (χ2v) is 8.39. The maximum Gasteiger partial charge on any atom is 0.200 e. The molecule has 6 nitrogen and oxygen atoms in total. The molecular weight excluding hydrogens is 416 g/mol. The normalized spacial score (nSPS) is 16.7. The van der Waals surface area contributed by atoms with Gasteiger partial charge in [-0.3, -0.25) is 14.7 Å². The lowest BCUT2D eigenvalue weighted by Crippen LogP contribution is -2.33. The van der Waals surface area contributed by atoms with Crippen LogP contribution in [0.1, 0.15) is 36.4 Å². The smallest absolute Gasteiger partial charge is 0.200 e. The van der Waals surface area contributed by atoms with Crippen LogP contribution in [-0.4, -0.2) is 28.6 Å². The van der Waals surface area contributed by atoms with Crippen LogP contribution in [-0.2, 0) is 6.54 Å². The van der Waals surface area contributed by atoms with E-state index in [0.717, 1.165) is 31.4 Å². The summed E-state index contributed by atoms with van der Waals surface area (Å²) in [6.45, 7) is 1.39. The zero-order chi connectivity index (χ0) is 22.8. The molecule has 1 N–H and O–H groups in total. The van der Waals surface area contributed by atoms with Gasteiger partial charge in [-0.05, 0) is 49.2 Å². The molecular formula is C27H26N2O4. The predicted octanol–water partition coefficient (Wildman–Crippen LogP) is 5.30. The Labute approximate surface area is 192 Å². The zero-order valence-corrected chi connectivity index (χ0v) is 18.5. The molecule has 1 aliphatic heterocycles. The lowest BCUT2D eigenvalue weighted by molar-refractivity contribution is 0.139. The SMILES string of the molecule is COc1ccccc1-c1coc2c(CN3CCCC[C@@H]3c3cccnc3)c(O)ccc2c1=O. The van der Waals surface area contributed by atoms with Crippen molar-refractivity contribution >= 4 is 11.0 Å². The Morgan fingerprint density at radius 2 is 2.00 bits per heavy atom. The number of ether oxygens (including phenoxy) is 1. The molecule has 0 unspecified atom stereocenters. The number of hydrogen-bond acceptors (Lipinski definition) is 6. The number of aromatic hydroxyl groups is 1. The van der Waals surface area contributed by atoms with Crippen molar-refractivity contribution in [3.05, 3.63) is 88.5 Å². The Kier molecular flexibility index (Phi) is 5.84. The Bertz CT molecular complexity index is 1330. The number of hydrogen-bond donors (Lipinski definition) is 1. The van der Waals surface area contributed by atoms with E-state index in [1.165, 1.54) is 6.26 Å². The van der Waals surface area contributed by atoms with Gasteiger partial charge in [-0.15, -0.1) is 0 Å². The molecule has 0 spiro atoms. The number of benzene rings is 2. The number of pyridine rings is 1. The molecule has 0 amide bonds. The molecule has 0 bridgehead atoms. The van der Waals surface area contributed by atoms with Crippen molar-refractivity contribution in [1.29, 1.82) is 0 Å². The minimum absolute atomic E-state index is 0.131. The highest BCUT2D eigenvalue weighted by Gasteiger charge is 2.26. The molecule has 2 aromatic heterocycles. The zero-order valence-electron chi connectivity index (χ0n) is 18.5. The number of fused-ring (bicyclic) bond motifs is 1. The Morgan fingerprint density at radius 1 is 1.12 bits per heavy atom. The van der Waals surface area contributed by atoms with Gasteiger partial charge in [0.25, 0.3) is 0 Å². The van der Waals surface area contributed by atoms with Crippen molar-refractivity contribution in [2.45, 2.75) is 31.8 Å². The van der Waals surface area contributed by atoms with Crippen molar-refractivity contribution in [1.82, 2.24) is 9.88 Å². The first kappa shape index (κ1) is 21.2. The summed E-state index contributed by atoms with van der Waals surface area (Å²) in [4.78, 5) is 20.0. The van der Waals surface area contributed by atoms with Crippen LogP contribution in [0.2, 0.25) is 0 Å². The van der Waals surface area contributed by atoms with Crippen molar-refractivity contribution in [3.8, 4) is 22.6 Å². The summed E-state index contributed by atoms with van der Waals surface area (Å²) < 4.78 is 11.4. The maximum absolute atomic E-state index is 13.4. The van der Waals surface area contributed by atoms with Gasteiger partial charge in [0.2, 0.25) is 5.43 Å². The standard InChI is InChI=1S/C27H26N2O4/c1-32-25-10-3-2-8-19(25)22-17-33-27-20(26(22)31)11-12-24(30)21(27)16-29-14-5-4-9-23(29)18-7-6-13-28-15-18/h2-3,6-8,10-13,15,17,23,30H,4-5,9,14,16H2,1H3/t23-/m1/s1. The Hall–Kier alpha value is -3.64. The second kappa shape index (κ2) is 9.08. The third-order valence-electron chi connectivity index (χ3n) is 6.46. The van der Waals surface area contributed by atoms with Crippen LogP contribution in [0.5, 0.6) is 11.5 Å². The van der Waals surface area contributed by atoms with E-state index in [0.29, 0.717) is 40.0 Å². The summed E-state index contributed by atoms with van der Waals surface area (Å²) in [5, 5.41) is 11.2. The van der Waals surface area contributed by atoms with Gasteiger partial charge >= 0.3 is 0 Å². The first-order chi connectivity index (χ1) is 16.2. The highest BCUT2D eigenvalue weighted by atomic mass is 16.5. The highest BCUT2D eigenvalue weighted by Crippen LogP contribution is 2.36. The third kappa shape index (κ3) is 3.98. The van der Waals surface area contributed by atoms with E-state index in [4.69, 9.17) is 9.15 Å². The summed E-state index contributed by atoms with van der Waals surface area (Å²) in [6, 6.07) is 14.9. The molecule has 168 valence electrons. The van der Waals surface area contributed by atoms with Gasteiger partial charge in [0.15, 0.2) is 0 Å². The third-order valence-corrected chi connectivity index (χ3v) is 6.46. The van der Waals surface area contributed by atoms with Gasteiger partial charge in [0, 0.05) is 30.5 Å². The lowest BCUT2D eigenvalue weighted by atomic mass is 9.95. The lowest BCUT2D eigenvalue weighted by Gasteiger charge is -2.36. The number of piperidine rings is 1. The quantitative estimate of drug-likeness (QED) is 0.452. The van der Waals surface area contributed by atoms with E-state index in [9.17, 15) is 9.90 Å². The topological polar surface area (TPSA) is 75.8 Å². The van der Waals surface area contributed by atoms with Gasteiger partial charge < -0.3 is 14.3 Å². The van der Waals surface area contributed by atoms with Gasteiger partial charge in [-0.25, -0.2) is 0 Å². The van der Waals surface area contributed by atoms with Crippen LogP contribution in [0.4, 0.5) is 0 Å². The van der Waals surface area contributed by atoms with E-state index in [1.54, 1.807) is 25.4 Å². The number of nitrogens with zero attached hydrogens (tertiary/aromatic N) is 2. The second-order valence-electron chi connectivity index (χ2n) is 8.39. The fraction of sp³-hybridized carbons (Fsp3) is 0.259. The molecule has 1 saturated heterocycles. The van der Waals surface area contributed by atoms with Crippen LogP contribution < -0.4 is 10.2 Å². The number of rotatable bonds is 5. The van der Waals surface area contributed by atoms with Gasteiger partial charge in [0.05, 0.1) is 23.6 Å². The van der Waals surface area contributed by atoms with Crippen molar-refractivity contribution in [2.24, 2.45) is 0 Å². The molecule has 4 aromatic rings. The number of para-hydroxylation sites is 1. The van der Waals surface area contributed by atoms with Crippen LogP contribution in [0.15, 0.2) is 76.4 Å². The number of phenols is 1. The molecule has 5 rings (SSSR count).